The van der Waals surface area contributed by atoms with Crippen LogP contribution in [0.5, 0.6) is 0 Å². The molecule has 1 aromatic carbocycles. The highest BCUT2D eigenvalue weighted by Gasteiger charge is 2.11. The van der Waals surface area contributed by atoms with Crippen LogP contribution in [0.2, 0.25) is 5.02 Å². The van der Waals surface area contributed by atoms with E-state index in [2.05, 4.69) is 32.2 Å². The molecule has 0 fully saturated rings. The van der Waals surface area contributed by atoms with Crippen molar-refractivity contribution in [3.63, 3.8) is 0 Å². The minimum absolute atomic E-state index is 0.150. The quantitative estimate of drug-likeness (QED) is 0.892. The van der Waals surface area contributed by atoms with Crippen LogP contribution in [0.3, 0.4) is 0 Å². The molecule has 0 radical (unpaired) electrons. The summed E-state index contributed by atoms with van der Waals surface area (Å²) in [6, 6.07) is 5.86. The van der Waals surface area contributed by atoms with Gasteiger partial charge in [-0.25, -0.2) is 0 Å². The second kappa shape index (κ2) is 4.71. The number of hydrogen-bond donors (Lipinski definition) is 1. The first kappa shape index (κ1) is 12.5. The number of para-hydroxylation sites is 1. The molecule has 1 aromatic heterocycles. The van der Waals surface area contributed by atoms with Gasteiger partial charge in [-0.2, -0.15) is 0 Å². The Balaban J connectivity index is 2.12. The molecule has 0 saturated carbocycles. The predicted octanol–water partition coefficient (Wildman–Crippen LogP) is 4.02. The number of fused-ring (bicyclic) bond motifs is 1. The van der Waals surface area contributed by atoms with E-state index in [0.717, 1.165) is 23.9 Å². The highest BCUT2D eigenvalue weighted by molar-refractivity contribution is 6.34. The molecule has 92 valence electrons. The Morgan fingerprint density at radius 2 is 2.06 bits per heavy atom. The van der Waals surface area contributed by atoms with Gasteiger partial charge in [-0.05, 0) is 45.4 Å². The second-order valence-electron chi connectivity index (χ2n) is 5.30. The first-order chi connectivity index (χ1) is 7.97. The van der Waals surface area contributed by atoms with Gasteiger partial charge in [0.2, 0.25) is 0 Å². The third-order valence-corrected chi connectivity index (χ3v) is 2.98. The van der Waals surface area contributed by atoms with Crippen molar-refractivity contribution in [1.82, 2.24) is 5.32 Å². The number of hydrogen-bond acceptors (Lipinski definition) is 2. The standard InChI is InChI=1S/C14H18ClNO/c1-14(2,3)16-8-7-10-9-17-13-11(10)5-4-6-12(13)15/h4-6,9,16H,7-8H2,1-3H3. The van der Waals surface area contributed by atoms with E-state index < -0.39 is 0 Å². The fraction of sp³-hybridized carbons (Fsp3) is 0.429. The molecule has 0 atom stereocenters. The van der Waals surface area contributed by atoms with Crippen molar-refractivity contribution in [2.45, 2.75) is 32.7 Å². The van der Waals surface area contributed by atoms with Gasteiger partial charge in [0.25, 0.3) is 0 Å². The average Bonchev–Trinajstić information content (AvgIpc) is 2.61. The van der Waals surface area contributed by atoms with E-state index in [9.17, 15) is 0 Å². The molecule has 0 aliphatic heterocycles. The largest absolute Gasteiger partial charge is 0.462 e. The zero-order valence-electron chi connectivity index (χ0n) is 10.5. The zero-order valence-corrected chi connectivity index (χ0v) is 11.3. The molecule has 3 heteroatoms. The molecule has 0 amide bonds. The smallest absolute Gasteiger partial charge is 0.152 e. The zero-order chi connectivity index (χ0) is 12.5. The number of furan rings is 1. The van der Waals surface area contributed by atoms with E-state index in [1.54, 1.807) is 6.26 Å². The van der Waals surface area contributed by atoms with Gasteiger partial charge in [-0.1, -0.05) is 23.7 Å². The number of benzene rings is 1. The lowest BCUT2D eigenvalue weighted by Crippen LogP contribution is -2.37. The lowest BCUT2D eigenvalue weighted by Gasteiger charge is -2.20. The Morgan fingerprint density at radius 3 is 2.76 bits per heavy atom. The molecule has 2 aromatic rings. The van der Waals surface area contributed by atoms with E-state index in [-0.39, 0.29) is 5.54 Å². The fourth-order valence-corrected chi connectivity index (χ4v) is 2.06. The Hall–Kier alpha value is -0.990. The van der Waals surface area contributed by atoms with Gasteiger partial charge in [-0.3, -0.25) is 0 Å². The van der Waals surface area contributed by atoms with E-state index in [1.807, 2.05) is 12.1 Å². The SMILES string of the molecule is CC(C)(C)NCCc1coc2c(Cl)cccc12. The van der Waals surface area contributed by atoms with Crippen molar-refractivity contribution < 1.29 is 4.42 Å². The van der Waals surface area contributed by atoms with Gasteiger partial charge in [-0.15, -0.1) is 0 Å². The average molecular weight is 252 g/mol. The lowest BCUT2D eigenvalue weighted by atomic mass is 10.1. The third kappa shape index (κ3) is 3.02. The Kier molecular flexibility index (Phi) is 3.45. The third-order valence-electron chi connectivity index (χ3n) is 2.68. The summed E-state index contributed by atoms with van der Waals surface area (Å²) in [6.07, 6.45) is 2.76. The maximum absolute atomic E-state index is 6.07. The van der Waals surface area contributed by atoms with Crippen molar-refractivity contribution in [3.8, 4) is 0 Å². The van der Waals surface area contributed by atoms with E-state index in [0.29, 0.717) is 5.02 Å². The Bertz CT molecular complexity index is 510. The summed E-state index contributed by atoms with van der Waals surface area (Å²) >= 11 is 6.07. The second-order valence-corrected chi connectivity index (χ2v) is 5.71. The van der Waals surface area contributed by atoms with Crippen molar-refractivity contribution >= 4 is 22.6 Å². The van der Waals surface area contributed by atoms with Crippen LogP contribution in [0.4, 0.5) is 0 Å². The number of rotatable bonds is 3. The summed E-state index contributed by atoms with van der Waals surface area (Å²) in [5.41, 5.74) is 2.15. The van der Waals surface area contributed by atoms with E-state index >= 15 is 0 Å². The molecule has 1 N–H and O–H groups in total. The molecule has 17 heavy (non-hydrogen) atoms. The lowest BCUT2D eigenvalue weighted by molar-refractivity contribution is 0.429. The summed E-state index contributed by atoms with van der Waals surface area (Å²) in [5.74, 6) is 0. The maximum atomic E-state index is 6.07. The molecule has 0 spiro atoms. The maximum Gasteiger partial charge on any atom is 0.152 e. The summed E-state index contributed by atoms with van der Waals surface area (Å²) < 4.78 is 5.50. The molecule has 0 aliphatic rings. The minimum Gasteiger partial charge on any atom is -0.462 e. The van der Waals surface area contributed by atoms with Gasteiger partial charge in [0.05, 0.1) is 11.3 Å². The van der Waals surface area contributed by atoms with Gasteiger partial charge in [0.1, 0.15) is 0 Å². The normalized spacial score (nSPS) is 12.2. The van der Waals surface area contributed by atoms with Gasteiger partial charge < -0.3 is 9.73 Å². The van der Waals surface area contributed by atoms with Crippen LogP contribution in [-0.4, -0.2) is 12.1 Å². The molecular weight excluding hydrogens is 234 g/mol. The summed E-state index contributed by atoms with van der Waals surface area (Å²) in [7, 11) is 0. The van der Waals surface area contributed by atoms with Gasteiger partial charge in [0, 0.05) is 10.9 Å². The Labute approximate surface area is 107 Å². The summed E-state index contributed by atoms with van der Waals surface area (Å²) in [4.78, 5) is 0. The number of nitrogens with one attached hydrogen (secondary N) is 1. The highest BCUT2D eigenvalue weighted by Crippen LogP contribution is 2.27. The van der Waals surface area contributed by atoms with Crippen molar-refractivity contribution in [3.05, 3.63) is 35.0 Å². The number of halogens is 1. The Morgan fingerprint density at radius 1 is 1.29 bits per heavy atom. The van der Waals surface area contributed by atoms with Crippen LogP contribution in [0.1, 0.15) is 26.3 Å². The molecule has 0 unspecified atom stereocenters. The van der Waals surface area contributed by atoms with Crippen LogP contribution < -0.4 is 5.32 Å². The van der Waals surface area contributed by atoms with Crippen molar-refractivity contribution in [2.75, 3.05) is 6.54 Å². The van der Waals surface area contributed by atoms with Crippen LogP contribution in [0.25, 0.3) is 11.0 Å². The molecule has 0 bridgehead atoms. The van der Waals surface area contributed by atoms with Crippen molar-refractivity contribution in [1.29, 1.82) is 0 Å². The molecule has 0 saturated heterocycles. The van der Waals surface area contributed by atoms with Crippen LogP contribution in [-0.2, 0) is 6.42 Å². The van der Waals surface area contributed by atoms with Crippen LogP contribution >= 0.6 is 11.6 Å². The fourth-order valence-electron chi connectivity index (χ4n) is 1.84. The molecule has 0 aliphatic carbocycles. The van der Waals surface area contributed by atoms with Gasteiger partial charge in [0.15, 0.2) is 5.58 Å². The topological polar surface area (TPSA) is 25.2 Å². The van der Waals surface area contributed by atoms with Crippen LogP contribution in [0, 0.1) is 0 Å². The molecule has 1 heterocycles. The van der Waals surface area contributed by atoms with Crippen molar-refractivity contribution in [2.24, 2.45) is 0 Å². The monoisotopic (exact) mass is 251 g/mol. The summed E-state index contributed by atoms with van der Waals surface area (Å²) in [5, 5.41) is 5.26. The molecule has 2 rings (SSSR count). The van der Waals surface area contributed by atoms with Crippen LogP contribution in [0.15, 0.2) is 28.9 Å². The first-order valence-corrected chi connectivity index (χ1v) is 6.25. The van der Waals surface area contributed by atoms with Gasteiger partial charge >= 0.3 is 0 Å². The van der Waals surface area contributed by atoms with E-state index in [1.165, 1.54) is 5.56 Å². The predicted molar refractivity (Wildman–Crippen MR) is 72.7 cm³/mol. The molecule has 2 nitrogen and oxygen atoms in total. The molecular formula is C14H18ClNO. The highest BCUT2D eigenvalue weighted by atomic mass is 35.5. The van der Waals surface area contributed by atoms with E-state index in [4.69, 9.17) is 16.0 Å². The summed E-state index contributed by atoms with van der Waals surface area (Å²) in [6.45, 7) is 7.43. The first-order valence-electron chi connectivity index (χ1n) is 5.87. The minimum atomic E-state index is 0.150.